The number of aryl methyl sites for hydroxylation is 2. The summed E-state index contributed by atoms with van der Waals surface area (Å²) in [5, 5.41) is 6.37. The molecule has 6 nitrogen and oxygen atoms in total. The molecular weight excluding hydrogens is 275 g/mol. The van der Waals surface area contributed by atoms with E-state index in [1.54, 1.807) is 14.0 Å². The van der Waals surface area contributed by atoms with Crippen molar-refractivity contribution >= 4 is 11.9 Å². The summed E-state index contributed by atoms with van der Waals surface area (Å²) in [6, 6.07) is 1.80. The van der Waals surface area contributed by atoms with E-state index >= 15 is 0 Å². The summed E-state index contributed by atoms with van der Waals surface area (Å²) in [7, 11) is 1.58. The number of halogens is 3. The number of pyridine rings is 1. The molecule has 1 N–H and O–H groups in total. The second-order valence-electron chi connectivity index (χ2n) is 3.99. The zero-order chi connectivity index (χ0) is 14.9. The van der Waals surface area contributed by atoms with Crippen LogP contribution < -0.4 is 5.32 Å². The Labute approximate surface area is 111 Å². The van der Waals surface area contributed by atoms with E-state index in [0.717, 1.165) is 18.3 Å². The lowest BCUT2D eigenvalue weighted by Gasteiger charge is -2.06. The number of aromatic nitrogens is 4. The van der Waals surface area contributed by atoms with Crippen molar-refractivity contribution in [3.63, 3.8) is 0 Å². The molecule has 2 rings (SSSR count). The van der Waals surface area contributed by atoms with Gasteiger partial charge < -0.3 is 0 Å². The Bertz CT molecular complexity index is 632. The number of nitrogens with zero attached hydrogens (tertiary/aromatic N) is 4. The van der Waals surface area contributed by atoms with Crippen molar-refractivity contribution in [2.75, 3.05) is 5.32 Å². The van der Waals surface area contributed by atoms with Gasteiger partial charge in [0.2, 0.25) is 5.95 Å². The van der Waals surface area contributed by atoms with Gasteiger partial charge in [0.1, 0.15) is 11.5 Å². The monoisotopic (exact) mass is 285 g/mol. The van der Waals surface area contributed by atoms with E-state index in [2.05, 4.69) is 20.4 Å². The highest BCUT2D eigenvalue weighted by Crippen LogP contribution is 2.27. The zero-order valence-electron chi connectivity index (χ0n) is 10.6. The first kappa shape index (κ1) is 14.0. The average Bonchev–Trinajstić information content (AvgIpc) is 2.67. The fourth-order valence-electron chi connectivity index (χ4n) is 1.49. The van der Waals surface area contributed by atoms with E-state index in [-0.39, 0.29) is 11.5 Å². The fourth-order valence-corrected chi connectivity index (χ4v) is 1.49. The molecule has 0 aliphatic carbocycles. The first-order valence-corrected chi connectivity index (χ1v) is 5.49. The molecule has 0 fully saturated rings. The molecule has 0 saturated heterocycles. The van der Waals surface area contributed by atoms with Gasteiger partial charge in [0.15, 0.2) is 0 Å². The second-order valence-corrected chi connectivity index (χ2v) is 3.99. The number of anilines is 1. The molecule has 0 aliphatic heterocycles. The summed E-state index contributed by atoms with van der Waals surface area (Å²) < 4.78 is 38.4. The summed E-state index contributed by atoms with van der Waals surface area (Å²) >= 11 is 0. The largest absolute Gasteiger partial charge is 0.433 e. The Kier molecular flexibility index (Phi) is 3.43. The fraction of sp³-hybridized carbons (Fsp3) is 0.273. The van der Waals surface area contributed by atoms with Gasteiger partial charge in [-0.25, -0.2) is 4.68 Å². The number of rotatable bonds is 2. The van der Waals surface area contributed by atoms with Crippen molar-refractivity contribution in [3.8, 4) is 0 Å². The molecule has 0 bridgehead atoms. The molecule has 0 atom stereocenters. The van der Waals surface area contributed by atoms with E-state index in [9.17, 15) is 18.0 Å². The molecule has 0 spiro atoms. The van der Waals surface area contributed by atoms with E-state index < -0.39 is 17.8 Å². The molecule has 0 saturated carbocycles. The lowest BCUT2D eigenvalue weighted by Crippen LogP contribution is -2.16. The lowest BCUT2D eigenvalue weighted by molar-refractivity contribution is -0.141. The third-order valence-corrected chi connectivity index (χ3v) is 2.41. The Morgan fingerprint density at radius 1 is 1.35 bits per heavy atom. The number of amides is 1. The minimum Gasteiger partial charge on any atom is -0.291 e. The van der Waals surface area contributed by atoms with Crippen LogP contribution in [0.5, 0.6) is 0 Å². The molecule has 20 heavy (non-hydrogen) atoms. The average molecular weight is 285 g/mol. The highest BCUT2D eigenvalue weighted by atomic mass is 19.4. The summed E-state index contributed by atoms with van der Waals surface area (Å²) in [4.78, 5) is 19.0. The molecule has 0 aromatic carbocycles. The number of carbonyl (C=O) groups excluding carboxylic acids is 1. The van der Waals surface area contributed by atoms with Crippen LogP contribution in [0.2, 0.25) is 0 Å². The molecule has 0 radical (unpaired) electrons. The summed E-state index contributed by atoms with van der Waals surface area (Å²) in [6.45, 7) is 1.65. The summed E-state index contributed by atoms with van der Waals surface area (Å²) in [5.41, 5.74) is -1.05. The van der Waals surface area contributed by atoms with Crippen molar-refractivity contribution in [3.05, 3.63) is 35.4 Å². The first-order chi connectivity index (χ1) is 9.27. The van der Waals surface area contributed by atoms with Gasteiger partial charge >= 0.3 is 6.18 Å². The number of nitrogens with one attached hydrogen (secondary N) is 1. The minimum atomic E-state index is -4.53. The van der Waals surface area contributed by atoms with Gasteiger partial charge in [-0.15, -0.1) is 0 Å². The first-order valence-electron chi connectivity index (χ1n) is 5.49. The van der Waals surface area contributed by atoms with Crippen molar-refractivity contribution in [2.24, 2.45) is 7.05 Å². The van der Waals surface area contributed by atoms with Gasteiger partial charge in [-0.1, -0.05) is 0 Å². The maximum absolute atomic E-state index is 12.3. The van der Waals surface area contributed by atoms with Crippen LogP contribution in [0.4, 0.5) is 19.1 Å². The Morgan fingerprint density at radius 2 is 2.05 bits per heavy atom. The van der Waals surface area contributed by atoms with Crippen LogP contribution >= 0.6 is 0 Å². The van der Waals surface area contributed by atoms with Gasteiger partial charge in [0.25, 0.3) is 5.91 Å². The second kappa shape index (κ2) is 4.91. The minimum absolute atomic E-state index is 0.00125. The highest BCUT2D eigenvalue weighted by Gasteiger charge is 2.32. The van der Waals surface area contributed by atoms with Gasteiger partial charge in [-0.05, 0) is 19.1 Å². The standard InChI is InChI=1S/C11H10F3N5O/c1-6-16-10(19(2)18-6)17-9(20)7-3-4-8(15-5-7)11(12,13)14/h3-5H,1-2H3,(H,16,17,18,20). The molecule has 106 valence electrons. The van der Waals surface area contributed by atoms with Crippen LogP contribution in [0.1, 0.15) is 21.9 Å². The zero-order valence-corrected chi connectivity index (χ0v) is 10.6. The molecule has 2 aromatic rings. The van der Waals surface area contributed by atoms with E-state index in [1.807, 2.05) is 0 Å². The van der Waals surface area contributed by atoms with E-state index in [4.69, 9.17) is 0 Å². The van der Waals surface area contributed by atoms with Crippen LogP contribution in [0.15, 0.2) is 18.3 Å². The number of hydrogen-bond acceptors (Lipinski definition) is 4. The molecular formula is C11H10F3N5O. The normalized spacial score (nSPS) is 11.4. The summed E-state index contributed by atoms with van der Waals surface area (Å²) in [6.07, 6.45) is -3.67. The molecule has 2 aromatic heterocycles. The topological polar surface area (TPSA) is 72.7 Å². The van der Waals surface area contributed by atoms with Crippen LogP contribution in [0, 0.1) is 6.92 Å². The van der Waals surface area contributed by atoms with Crippen LogP contribution in [-0.2, 0) is 13.2 Å². The van der Waals surface area contributed by atoms with E-state index in [1.165, 1.54) is 4.68 Å². The van der Waals surface area contributed by atoms with Crippen molar-refractivity contribution in [1.29, 1.82) is 0 Å². The highest BCUT2D eigenvalue weighted by molar-refractivity contribution is 6.03. The molecule has 2 heterocycles. The number of alkyl halides is 3. The summed E-state index contributed by atoms with van der Waals surface area (Å²) in [5.74, 6) is 0.0578. The molecule has 0 aliphatic rings. The Balaban J connectivity index is 2.16. The third-order valence-electron chi connectivity index (χ3n) is 2.41. The maximum Gasteiger partial charge on any atom is 0.433 e. The quantitative estimate of drug-likeness (QED) is 0.913. The van der Waals surface area contributed by atoms with Crippen molar-refractivity contribution in [1.82, 2.24) is 19.7 Å². The molecule has 9 heteroatoms. The van der Waals surface area contributed by atoms with Gasteiger partial charge in [0, 0.05) is 13.2 Å². The lowest BCUT2D eigenvalue weighted by atomic mass is 10.2. The van der Waals surface area contributed by atoms with Gasteiger partial charge in [-0.3, -0.25) is 15.1 Å². The van der Waals surface area contributed by atoms with Gasteiger partial charge in [-0.2, -0.15) is 23.3 Å². The Morgan fingerprint density at radius 3 is 2.50 bits per heavy atom. The van der Waals surface area contributed by atoms with Crippen LogP contribution in [0.3, 0.4) is 0 Å². The van der Waals surface area contributed by atoms with Crippen LogP contribution in [-0.4, -0.2) is 25.7 Å². The smallest absolute Gasteiger partial charge is 0.291 e. The predicted octanol–water partition coefficient (Wildman–Crippen LogP) is 1.79. The Hall–Kier alpha value is -2.45. The molecule has 1 amide bonds. The number of carbonyl (C=O) groups is 1. The van der Waals surface area contributed by atoms with Gasteiger partial charge in [0.05, 0.1) is 5.56 Å². The van der Waals surface area contributed by atoms with Crippen LogP contribution in [0.25, 0.3) is 0 Å². The maximum atomic E-state index is 12.3. The predicted molar refractivity (Wildman–Crippen MR) is 62.9 cm³/mol. The SMILES string of the molecule is Cc1nc(NC(=O)c2ccc(C(F)(F)F)nc2)n(C)n1. The number of hydrogen-bond donors (Lipinski definition) is 1. The molecule has 0 unspecified atom stereocenters. The van der Waals surface area contributed by atoms with E-state index in [0.29, 0.717) is 5.82 Å². The van der Waals surface area contributed by atoms with Crippen molar-refractivity contribution < 1.29 is 18.0 Å². The third kappa shape index (κ3) is 2.92. The van der Waals surface area contributed by atoms with Crippen molar-refractivity contribution in [2.45, 2.75) is 13.1 Å².